The molecule has 9 heteroatoms. The van der Waals surface area contributed by atoms with E-state index in [2.05, 4.69) is 5.32 Å². The largest absolute Gasteiger partial charge is 0.490 e. The lowest BCUT2D eigenvalue weighted by molar-refractivity contribution is -0.192. The highest BCUT2D eigenvalue weighted by molar-refractivity contribution is 5.73. The molecule has 2 fully saturated rings. The second kappa shape index (κ2) is 6.08. The number of fused-ring (bicyclic) bond motifs is 2. The van der Waals surface area contributed by atoms with Gasteiger partial charge >= 0.3 is 18.2 Å². The van der Waals surface area contributed by atoms with Crippen molar-refractivity contribution in [3.63, 3.8) is 0 Å². The molecule has 1 amide bonds. The quantitative estimate of drug-likeness (QED) is 0.710. The van der Waals surface area contributed by atoms with E-state index in [0.717, 1.165) is 19.5 Å². The van der Waals surface area contributed by atoms with E-state index in [4.69, 9.17) is 14.6 Å². The van der Waals surface area contributed by atoms with Gasteiger partial charge in [0.05, 0.1) is 0 Å². The van der Waals surface area contributed by atoms with E-state index in [-0.39, 0.29) is 11.7 Å². The van der Waals surface area contributed by atoms with Crippen LogP contribution in [0.25, 0.3) is 0 Å². The maximum Gasteiger partial charge on any atom is 0.490 e. The number of carbonyl (C=O) groups is 2. The number of hydrogen-bond acceptors (Lipinski definition) is 4. The summed E-state index contributed by atoms with van der Waals surface area (Å²) in [5.74, 6) is -2.76. The molecule has 2 saturated heterocycles. The Balaban J connectivity index is 0.000000270. The molecule has 0 unspecified atom stereocenters. The van der Waals surface area contributed by atoms with Crippen LogP contribution in [0.3, 0.4) is 0 Å². The lowest BCUT2D eigenvalue weighted by Crippen LogP contribution is -2.48. The first-order valence-corrected chi connectivity index (χ1v) is 6.43. The van der Waals surface area contributed by atoms with Crippen molar-refractivity contribution in [1.29, 1.82) is 0 Å². The highest BCUT2D eigenvalue weighted by atomic mass is 19.4. The Labute approximate surface area is 120 Å². The summed E-state index contributed by atoms with van der Waals surface area (Å²) in [5.41, 5.74) is -0.383. The van der Waals surface area contributed by atoms with E-state index in [1.165, 1.54) is 0 Å². The van der Waals surface area contributed by atoms with Gasteiger partial charge in [-0.3, -0.25) is 0 Å². The van der Waals surface area contributed by atoms with Gasteiger partial charge in [-0.25, -0.2) is 9.59 Å². The van der Waals surface area contributed by atoms with Crippen LogP contribution in [0.5, 0.6) is 0 Å². The van der Waals surface area contributed by atoms with Crippen molar-refractivity contribution in [3.8, 4) is 0 Å². The number of likely N-dealkylation sites (tertiary alicyclic amines) is 1. The normalized spacial score (nSPS) is 24.4. The van der Waals surface area contributed by atoms with Gasteiger partial charge in [0, 0.05) is 25.2 Å². The van der Waals surface area contributed by atoms with Crippen LogP contribution in [0.1, 0.15) is 27.2 Å². The first-order valence-electron chi connectivity index (χ1n) is 6.43. The maximum atomic E-state index is 11.7. The third-order valence-electron chi connectivity index (χ3n) is 2.93. The first kappa shape index (κ1) is 17.5. The van der Waals surface area contributed by atoms with Gasteiger partial charge in [0.1, 0.15) is 5.60 Å². The van der Waals surface area contributed by atoms with Crippen LogP contribution in [0.2, 0.25) is 0 Å². The lowest BCUT2D eigenvalue weighted by Gasteiger charge is -2.30. The number of hydrogen-bond donors (Lipinski definition) is 2. The van der Waals surface area contributed by atoms with E-state index in [9.17, 15) is 18.0 Å². The first-order chi connectivity index (χ1) is 9.40. The number of aliphatic carboxylic acids is 1. The molecule has 0 aromatic heterocycles. The van der Waals surface area contributed by atoms with Crippen molar-refractivity contribution in [2.75, 3.05) is 13.1 Å². The van der Waals surface area contributed by atoms with Crippen LogP contribution in [0, 0.1) is 0 Å². The summed E-state index contributed by atoms with van der Waals surface area (Å²) in [7, 11) is 0. The molecule has 2 N–H and O–H groups in total. The van der Waals surface area contributed by atoms with Gasteiger partial charge in [-0.15, -0.1) is 0 Å². The number of amides is 1. The molecule has 0 spiro atoms. The summed E-state index contributed by atoms with van der Waals surface area (Å²) in [4.78, 5) is 22.5. The minimum Gasteiger partial charge on any atom is -0.475 e. The third kappa shape index (κ3) is 5.41. The Bertz CT molecular complexity index is 406. The molecule has 2 rings (SSSR count). The zero-order valence-corrected chi connectivity index (χ0v) is 12.0. The van der Waals surface area contributed by atoms with Crippen LogP contribution in [-0.2, 0) is 9.53 Å². The number of carboxylic acid groups (broad SMARTS) is 1. The second-order valence-corrected chi connectivity index (χ2v) is 5.93. The molecule has 0 aromatic rings. The van der Waals surface area contributed by atoms with Crippen molar-refractivity contribution in [3.05, 3.63) is 0 Å². The molecule has 0 radical (unpaired) electrons. The third-order valence-corrected chi connectivity index (χ3v) is 2.93. The van der Waals surface area contributed by atoms with Crippen molar-refractivity contribution in [2.45, 2.75) is 51.1 Å². The number of nitrogens with zero attached hydrogens (tertiary/aromatic N) is 1. The van der Waals surface area contributed by atoms with Crippen molar-refractivity contribution >= 4 is 12.1 Å². The topological polar surface area (TPSA) is 78.9 Å². The number of ether oxygens (including phenoxy) is 1. The predicted molar refractivity (Wildman–Crippen MR) is 66.8 cm³/mol. The monoisotopic (exact) mass is 312 g/mol. The van der Waals surface area contributed by atoms with E-state index in [1.807, 2.05) is 25.7 Å². The summed E-state index contributed by atoms with van der Waals surface area (Å²) >= 11 is 0. The summed E-state index contributed by atoms with van der Waals surface area (Å²) in [5, 5.41) is 10.5. The fourth-order valence-electron chi connectivity index (χ4n) is 2.10. The van der Waals surface area contributed by atoms with E-state index in [0.29, 0.717) is 12.1 Å². The summed E-state index contributed by atoms with van der Waals surface area (Å²) in [6.07, 6.45) is -4.16. The van der Waals surface area contributed by atoms with Gasteiger partial charge in [0.2, 0.25) is 0 Å². The number of rotatable bonds is 0. The highest BCUT2D eigenvalue weighted by Crippen LogP contribution is 2.25. The number of piperazine rings is 1. The predicted octanol–water partition coefficient (Wildman–Crippen LogP) is 1.60. The molecule has 2 bridgehead atoms. The van der Waals surface area contributed by atoms with Gasteiger partial charge in [0.15, 0.2) is 0 Å². The summed E-state index contributed by atoms with van der Waals surface area (Å²) in [6, 6.07) is 0.849. The van der Waals surface area contributed by atoms with Crippen LogP contribution in [0.4, 0.5) is 18.0 Å². The lowest BCUT2D eigenvalue weighted by atomic mass is 10.2. The standard InChI is InChI=1S/C10H18N2O2.C2HF3O2/c1-10(2,3)14-9(13)12-6-7-4-8(12)5-11-7;3-2(4,5)1(6)7/h7-8,11H,4-6H2,1-3H3;(H,6,7)/t7-,8-;/m0./s1. The number of carboxylic acids is 1. The van der Waals surface area contributed by atoms with Gasteiger partial charge < -0.3 is 20.1 Å². The molecule has 6 nitrogen and oxygen atoms in total. The van der Waals surface area contributed by atoms with Crippen LogP contribution in [0.15, 0.2) is 0 Å². The molecule has 2 aliphatic rings. The molecule has 2 heterocycles. The van der Waals surface area contributed by atoms with Gasteiger partial charge in [-0.2, -0.15) is 13.2 Å². The average molecular weight is 312 g/mol. The number of alkyl halides is 3. The van der Waals surface area contributed by atoms with Gasteiger partial charge in [0.25, 0.3) is 0 Å². The van der Waals surface area contributed by atoms with Crippen molar-refractivity contribution in [1.82, 2.24) is 10.2 Å². The molecule has 2 atom stereocenters. The number of carbonyl (C=O) groups excluding carboxylic acids is 1. The van der Waals surface area contributed by atoms with E-state index >= 15 is 0 Å². The highest BCUT2D eigenvalue weighted by Gasteiger charge is 2.41. The molecule has 2 aliphatic heterocycles. The van der Waals surface area contributed by atoms with Gasteiger partial charge in [-0.1, -0.05) is 0 Å². The van der Waals surface area contributed by atoms with E-state index < -0.39 is 12.1 Å². The SMILES string of the molecule is CC(C)(C)OC(=O)N1C[C@@H]2C[C@H]1CN2.O=C(O)C(F)(F)F. The Morgan fingerprint density at radius 1 is 1.29 bits per heavy atom. The van der Waals surface area contributed by atoms with Crippen molar-refractivity contribution < 1.29 is 32.6 Å². The Hall–Kier alpha value is -1.51. The fourth-order valence-corrected chi connectivity index (χ4v) is 2.10. The molecule has 0 aromatic carbocycles. The van der Waals surface area contributed by atoms with Crippen LogP contribution < -0.4 is 5.32 Å². The van der Waals surface area contributed by atoms with Crippen LogP contribution >= 0.6 is 0 Å². The van der Waals surface area contributed by atoms with Crippen LogP contribution in [-0.4, -0.2) is 59.0 Å². The molecule has 0 aliphatic carbocycles. The maximum absolute atomic E-state index is 11.7. The zero-order chi connectivity index (χ0) is 16.4. The zero-order valence-electron chi connectivity index (χ0n) is 12.0. The van der Waals surface area contributed by atoms with E-state index in [1.54, 1.807) is 0 Å². The molecular formula is C12H19F3N2O4. The second-order valence-electron chi connectivity index (χ2n) is 5.93. The average Bonchev–Trinajstić information content (AvgIpc) is 2.87. The number of halogens is 3. The van der Waals surface area contributed by atoms with Crippen molar-refractivity contribution in [2.24, 2.45) is 0 Å². The minimum absolute atomic E-state index is 0.161. The van der Waals surface area contributed by atoms with Gasteiger partial charge in [-0.05, 0) is 27.2 Å². The minimum atomic E-state index is -5.08. The molecule has 0 saturated carbocycles. The Kier molecular flexibility index (Phi) is 5.08. The summed E-state index contributed by atoms with van der Waals surface area (Å²) in [6.45, 7) is 7.43. The Morgan fingerprint density at radius 2 is 1.81 bits per heavy atom. The smallest absolute Gasteiger partial charge is 0.475 e. The molecular weight excluding hydrogens is 293 g/mol. The number of nitrogens with one attached hydrogen (secondary N) is 1. The Morgan fingerprint density at radius 3 is 2.10 bits per heavy atom. The molecule has 122 valence electrons. The summed E-state index contributed by atoms with van der Waals surface area (Å²) < 4.78 is 37.1. The molecule has 21 heavy (non-hydrogen) atoms. The fraction of sp³-hybridized carbons (Fsp3) is 0.833.